The second kappa shape index (κ2) is 9.04. The third-order valence-corrected chi connectivity index (χ3v) is 5.02. The number of carbonyl (C=O) groups is 1. The van der Waals surface area contributed by atoms with Crippen molar-refractivity contribution in [2.45, 2.75) is 19.9 Å². The normalized spacial score (nSPS) is 14.8. The largest absolute Gasteiger partial charge is 0.501 e. The Balaban J connectivity index is 1.77. The van der Waals surface area contributed by atoms with Crippen LogP contribution in [0.1, 0.15) is 29.4 Å². The number of hydrogen-bond donors (Lipinski definition) is 2. The summed E-state index contributed by atoms with van der Waals surface area (Å²) in [6, 6.07) is 5.69. The van der Waals surface area contributed by atoms with Crippen LogP contribution in [0.4, 0.5) is 10.3 Å². The number of aromatic nitrogens is 2. The van der Waals surface area contributed by atoms with Crippen LogP contribution < -0.4 is 15.8 Å². The van der Waals surface area contributed by atoms with Gasteiger partial charge in [0.1, 0.15) is 5.82 Å². The van der Waals surface area contributed by atoms with Gasteiger partial charge in [0, 0.05) is 39.8 Å². The Morgan fingerprint density at radius 1 is 1.21 bits per heavy atom. The second-order valence-electron chi connectivity index (χ2n) is 7.11. The molecular weight excluding hydrogens is 377 g/mol. The molecule has 2 aromatic rings. The average molecular weight is 403 g/mol. The third-order valence-electron chi connectivity index (χ3n) is 5.02. The molecule has 8 nitrogen and oxygen atoms in total. The van der Waals surface area contributed by atoms with E-state index in [-0.39, 0.29) is 18.1 Å². The predicted octanol–water partition coefficient (Wildman–Crippen LogP) is 1.09. The number of hydrogen-bond acceptors (Lipinski definition) is 6. The molecule has 1 aliphatic rings. The van der Waals surface area contributed by atoms with Crippen molar-refractivity contribution in [2.75, 3.05) is 37.6 Å². The van der Waals surface area contributed by atoms with Crippen LogP contribution in [0.25, 0.3) is 0 Å². The van der Waals surface area contributed by atoms with Crippen molar-refractivity contribution in [1.82, 2.24) is 19.8 Å². The van der Waals surface area contributed by atoms with Crippen molar-refractivity contribution in [3.05, 3.63) is 51.7 Å². The zero-order valence-electron chi connectivity index (χ0n) is 16.7. The van der Waals surface area contributed by atoms with Crippen LogP contribution in [0.2, 0.25) is 0 Å². The van der Waals surface area contributed by atoms with Crippen LogP contribution >= 0.6 is 0 Å². The number of nitrogens with zero attached hydrogens (tertiary/aromatic N) is 4. The van der Waals surface area contributed by atoms with E-state index in [0.717, 1.165) is 26.1 Å². The molecule has 0 saturated carbocycles. The summed E-state index contributed by atoms with van der Waals surface area (Å²) in [5.41, 5.74) is -0.283. The minimum Gasteiger partial charge on any atom is -0.501 e. The van der Waals surface area contributed by atoms with E-state index in [2.05, 4.69) is 22.1 Å². The quantitative estimate of drug-likeness (QED) is 0.750. The number of halogens is 1. The molecule has 1 aromatic heterocycles. The van der Waals surface area contributed by atoms with Crippen LogP contribution in [0.3, 0.4) is 0 Å². The molecule has 0 aliphatic carbocycles. The summed E-state index contributed by atoms with van der Waals surface area (Å²) in [4.78, 5) is 33.6. The van der Waals surface area contributed by atoms with Crippen molar-refractivity contribution < 1.29 is 14.3 Å². The van der Waals surface area contributed by atoms with Crippen LogP contribution in [-0.4, -0.2) is 58.2 Å². The molecule has 1 saturated heterocycles. The van der Waals surface area contributed by atoms with Crippen LogP contribution in [0, 0.1) is 5.82 Å². The number of aromatic hydroxyl groups is 1. The number of piperazine rings is 1. The summed E-state index contributed by atoms with van der Waals surface area (Å²) in [7, 11) is 1.53. The second-order valence-corrected chi connectivity index (χ2v) is 7.11. The van der Waals surface area contributed by atoms with Gasteiger partial charge >= 0.3 is 0 Å². The maximum atomic E-state index is 13.0. The molecule has 0 atom stereocenters. The van der Waals surface area contributed by atoms with E-state index < -0.39 is 17.2 Å². The topological polar surface area (TPSA) is 90.7 Å². The minimum atomic E-state index is -0.683. The molecule has 29 heavy (non-hydrogen) atoms. The molecule has 9 heteroatoms. The Kier molecular flexibility index (Phi) is 6.48. The minimum absolute atomic E-state index is 0.125. The van der Waals surface area contributed by atoms with Gasteiger partial charge in [-0.05, 0) is 30.7 Å². The summed E-state index contributed by atoms with van der Waals surface area (Å²) in [6.45, 7) is 6.33. The molecule has 3 rings (SSSR count). The maximum Gasteiger partial charge on any atom is 0.297 e. The van der Waals surface area contributed by atoms with E-state index in [1.807, 2.05) is 4.90 Å². The molecule has 1 aliphatic heterocycles. The Hall–Kier alpha value is -2.94. The monoisotopic (exact) mass is 403 g/mol. The first-order valence-corrected chi connectivity index (χ1v) is 9.70. The lowest BCUT2D eigenvalue weighted by Gasteiger charge is -2.35. The number of carbonyl (C=O) groups excluding carboxylic acids is 1. The summed E-state index contributed by atoms with van der Waals surface area (Å²) in [5, 5.41) is 12.8. The highest BCUT2D eigenvalue weighted by Gasteiger charge is 2.25. The molecule has 0 spiro atoms. The lowest BCUT2D eigenvalue weighted by molar-refractivity contribution is 0.0942. The Morgan fingerprint density at radius 2 is 1.86 bits per heavy atom. The van der Waals surface area contributed by atoms with E-state index >= 15 is 0 Å². The van der Waals surface area contributed by atoms with Crippen molar-refractivity contribution in [1.29, 1.82) is 0 Å². The molecular formula is C20H26FN5O3. The molecule has 2 heterocycles. The zero-order valence-corrected chi connectivity index (χ0v) is 16.7. The molecule has 1 amide bonds. The van der Waals surface area contributed by atoms with Crippen LogP contribution in [0.5, 0.6) is 5.75 Å². The predicted molar refractivity (Wildman–Crippen MR) is 108 cm³/mol. The van der Waals surface area contributed by atoms with Crippen molar-refractivity contribution in [3.63, 3.8) is 0 Å². The van der Waals surface area contributed by atoms with Gasteiger partial charge in [-0.25, -0.2) is 9.37 Å². The molecule has 1 fully saturated rings. The zero-order chi connectivity index (χ0) is 21.0. The highest BCUT2D eigenvalue weighted by molar-refractivity contribution is 5.95. The van der Waals surface area contributed by atoms with Crippen molar-refractivity contribution in [2.24, 2.45) is 7.05 Å². The van der Waals surface area contributed by atoms with E-state index in [9.17, 15) is 19.1 Å². The number of anilines is 1. The van der Waals surface area contributed by atoms with Gasteiger partial charge in [-0.1, -0.05) is 19.1 Å². The Labute approximate surface area is 168 Å². The molecule has 1 aromatic carbocycles. The molecule has 156 valence electrons. The molecule has 0 unspecified atom stereocenters. The molecule has 2 N–H and O–H groups in total. The van der Waals surface area contributed by atoms with Crippen LogP contribution in [-0.2, 0) is 13.6 Å². The van der Waals surface area contributed by atoms with Crippen molar-refractivity contribution in [3.8, 4) is 5.75 Å². The fourth-order valence-corrected chi connectivity index (χ4v) is 3.38. The fourth-order valence-electron chi connectivity index (χ4n) is 3.38. The highest BCUT2D eigenvalue weighted by Crippen LogP contribution is 2.17. The van der Waals surface area contributed by atoms with Gasteiger partial charge in [-0.3, -0.25) is 19.1 Å². The standard InChI is InChI=1S/C20H26FN5O3/c1-3-8-25-9-11-26(12-10-25)20-23-16(17(27)19(29)24(20)2)18(28)22-13-14-4-6-15(21)7-5-14/h4-7,27H,3,8-13H2,1-2H3,(H,22,28). The number of amides is 1. The van der Waals surface area contributed by atoms with Gasteiger partial charge in [0.2, 0.25) is 11.7 Å². The first-order chi connectivity index (χ1) is 13.9. The molecule has 0 bridgehead atoms. The maximum absolute atomic E-state index is 13.0. The van der Waals surface area contributed by atoms with Gasteiger partial charge in [0.05, 0.1) is 0 Å². The van der Waals surface area contributed by atoms with E-state index in [1.54, 1.807) is 12.1 Å². The van der Waals surface area contributed by atoms with E-state index in [1.165, 1.54) is 23.7 Å². The SMILES string of the molecule is CCCN1CCN(c2nc(C(=O)NCc3ccc(F)cc3)c(O)c(=O)n2C)CC1. The van der Waals surface area contributed by atoms with E-state index in [4.69, 9.17) is 0 Å². The number of benzene rings is 1. The highest BCUT2D eigenvalue weighted by atomic mass is 19.1. The molecule has 0 radical (unpaired) electrons. The summed E-state index contributed by atoms with van der Waals surface area (Å²) < 4.78 is 14.3. The first kappa shape index (κ1) is 20.8. The lowest BCUT2D eigenvalue weighted by atomic mass is 10.2. The van der Waals surface area contributed by atoms with E-state index in [0.29, 0.717) is 24.6 Å². The van der Waals surface area contributed by atoms with Gasteiger partial charge in [0.25, 0.3) is 11.5 Å². The number of rotatable bonds is 6. The Morgan fingerprint density at radius 3 is 2.48 bits per heavy atom. The van der Waals surface area contributed by atoms with Crippen LogP contribution in [0.15, 0.2) is 29.1 Å². The summed E-state index contributed by atoms with van der Waals surface area (Å²) >= 11 is 0. The fraction of sp³-hybridized carbons (Fsp3) is 0.450. The number of nitrogens with one attached hydrogen (secondary N) is 1. The lowest BCUT2D eigenvalue weighted by Crippen LogP contribution is -2.48. The van der Waals surface area contributed by atoms with Gasteiger partial charge < -0.3 is 15.3 Å². The Bertz CT molecular complexity index is 921. The van der Waals surface area contributed by atoms with Gasteiger partial charge in [-0.15, -0.1) is 0 Å². The smallest absolute Gasteiger partial charge is 0.297 e. The summed E-state index contributed by atoms with van der Waals surface area (Å²) in [5.74, 6) is -1.35. The summed E-state index contributed by atoms with van der Waals surface area (Å²) in [6.07, 6.45) is 1.08. The average Bonchev–Trinajstić information content (AvgIpc) is 2.73. The third kappa shape index (κ3) is 4.73. The first-order valence-electron chi connectivity index (χ1n) is 9.70. The van der Waals surface area contributed by atoms with Crippen molar-refractivity contribution >= 4 is 11.9 Å². The van der Waals surface area contributed by atoms with Gasteiger partial charge in [-0.2, -0.15) is 0 Å². The van der Waals surface area contributed by atoms with Gasteiger partial charge in [0.15, 0.2) is 5.69 Å².